The molecule has 0 spiro atoms. The topological polar surface area (TPSA) is 88.8 Å². The minimum atomic E-state index is -1.12. The monoisotopic (exact) mass is 273 g/mol. The maximum Gasteiger partial charge on any atom is 0.371 e. The molecule has 6 nitrogen and oxygen atoms in total. The fraction of sp³-hybridized carbons (Fsp3) is 0.455. The van der Waals surface area contributed by atoms with E-state index in [0.717, 1.165) is 5.75 Å². The number of carbonyl (C=O) groups excluding carboxylic acids is 1. The van der Waals surface area contributed by atoms with Crippen molar-refractivity contribution in [1.29, 1.82) is 0 Å². The van der Waals surface area contributed by atoms with Crippen molar-refractivity contribution < 1.29 is 23.8 Å². The van der Waals surface area contributed by atoms with Crippen LogP contribution in [0.1, 0.15) is 16.3 Å². The molecule has 0 atom stereocenters. The van der Waals surface area contributed by atoms with E-state index in [0.29, 0.717) is 18.1 Å². The summed E-state index contributed by atoms with van der Waals surface area (Å²) in [6.07, 6.45) is 0. The van der Waals surface area contributed by atoms with Gasteiger partial charge in [-0.15, -0.1) is 11.8 Å². The summed E-state index contributed by atoms with van der Waals surface area (Å²) in [4.78, 5) is 21.9. The van der Waals surface area contributed by atoms with E-state index in [9.17, 15) is 9.59 Å². The van der Waals surface area contributed by atoms with Gasteiger partial charge in [-0.2, -0.15) is 0 Å². The van der Waals surface area contributed by atoms with Gasteiger partial charge in [0.2, 0.25) is 11.7 Å². The number of ether oxygens (including phenoxy) is 1. The van der Waals surface area contributed by atoms with E-state index in [1.165, 1.54) is 23.9 Å². The van der Waals surface area contributed by atoms with Gasteiger partial charge in [-0.3, -0.25) is 4.79 Å². The maximum atomic E-state index is 11.4. The molecule has 18 heavy (non-hydrogen) atoms. The Morgan fingerprint density at radius 1 is 1.50 bits per heavy atom. The molecule has 1 aromatic heterocycles. The third-order valence-corrected chi connectivity index (χ3v) is 2.92. The number of carboxylic acid groups (broad SMARTS) is 1. The van der Waals surface area contributed by atoms with Crippen LogP contribution in [0.25, 0.3) is 0 Å². The molecule has 0 radical (unpaired) electrons. The zero-order chi connectivity index (χ0) is 13.4. The van der Waals surface area contributed by atoms with E-state index in [1.807, 2.05) is 0 Å². The molecular formula is C11H15NO5S. The molecule has 0 aliphatic carbocycles. The molecule has 0 saturated heterocycles. The van der Waals surface area contributed by atoms with Crippen LogP contribution in [-0.4, -0.2) is 42.2 Å². The van der Waals surface area contributed by atoms with Gasteiger partial charge in [-0.1, -0.05) is 0 Å². The molecule has 0 bridgehead atoms. The second-order valence-electron chi connectivity index (χ2n) is 3.39. The summed E-state index contributed by atoms with van der Waals surface area (Å²) in [6.45, 7) is 0.801. The fourth-order valence-electron chi connectivity index (χ4n) is 1.13. The van der Waals surface area contributed by atoms with Crippen LogP contribution in [-0.2, 0) is 16.1 Å². The van der Waals surface area contributed by atoms with Crippen molar-refractivity contribution in [3.8, 4) is 0 Å². The standard InChI is InChI=1S/C11H15NO5S/c1-16-4-5-18-7-10(13)12-6-8-2-3-9(17-8)11(14)15/h2-3H,4-7H2,1H3,(H,12,13)(H,14,15). The Morgan fingerprint density at radius 2 is 2.28 bits per heavy atom. The Balaban J connectivity index is 2.23. The molecule has 0 aromatic carbocycles. The van der Waals surface area contributed by atoms with Crippen LogP contribution >= 0.6 is 11.8 Å². The first kappa shape index (κ1) is 14.6. The van der Waals surface area contributed by atoms with Gasteiger partial charge in [0.25, 0.3) is 0 Å². The highest BCUT2D eigenvalue weighted by Crippen LogP contribution is 2.07. The first-order valence-electron chi connectivity index (χ1n) is 5.29. The van der Waals surface area contributed by atoms with Gasteiger partial charge in [0.1, 0.15) is 5.76 Å². The number of carbonyl (C=O) groups is 2. The minimum Gasteiger partial charge on any atom is -0.475 e. The van der Waals surface area contributed by atoms with Crippen LogP contribution < -0.4 is 5.32 Å². The van der Waals surface area contributed by atoms with Crippen molar-refractivity contribution in [1.82, 2.24) is 5.32 Å². The molecule has 100 valence electrons. The Labute approximate surface area is 109 Å². The van der Waals surface area contributed by atoms with E-state index in [4.69, 9.17) is 14.3 Å². The summed E-state index contributed by atoms with van der Waals surface area (Å²) in [6, 6.07) is 2.89. The Morgan fingerprint density at radius 3 is 2.89 bits per heavy atom. The number of carboxylic acids is 1. The smallest absolute Gasteiger partial charge is 0.371 e. The summed E-state index contributed by atoms with van der Waals surface area (Å²) >= 11 is 1.47. The second-order valence-corrected chi connectivity index (χ2v) is 4.50. The number of rotatable bonds is 8. The minimum absolute atomic E-state index is 0.121. The quantitative estimate of drug-likeness (QED) is 0.686. The molecule has 0 unspecified atom stereocenters. The molecular weight excluding hydrogens is 258 g/mol. The summed E-state index contributed by atoms with van der Waals surface area (Å²) in [5.41, 5.74) is 0. The summed E-state index contributed by atoms with van der Waals surface area (Å²) in [7, 11) is 1.61. The summed E-state index contributed by atoms with van der Waals surface area (Å²) < 4.78 is 9.85. The molecule has 1 rings (SSSR count). The second kappa shape index (κ2) is 7.78. The van der Waals surface area contributed by atoms with Gasteiger partial charge in [0.05, 0.1) is 18.9 Å². The van der Waals surface area contributed by atoms with Gasteiger partial charge in [-0.05, 0) is 12.1 Å². The van der Waals surface area contributed by atoms with Crippen molar-refractivity contribution in [3.05, 3.63) is 23.7 Å². The van der Waals surface area contributed by atoms with E-state index in [-0.39, 0.29) is 18.2 Å². The highest BCUT2D eigenvalue weighted by Gasteiger charge is 2.09. The fourth-order valence-corrected chi connectivity index (χ4v) is 1.85. The average Bonchev–Trinajstić information content (AvgIpc) is 2.81. The lowest BCUT2D eigenvalue weighted by atomic mass is 10.4. The highest BCUT2D eigenvalue weighted by atomic mass is 32.2. The molecule has 0 saturated carbocycles. The van der Waals surface area contributed by atoms with Crippen molar-refractivity contribution in [2.45, 2.75) is 6.54 Å². The average molecular weight is 273 g/mol. The van der Waals surface area contributed by atoms with Crippen molar-refractivity contribution in [2.75, 3.05) is 25.2 Å². The van der Waals surface area contributed by atoms with Gasteiger partial charge >= 0.3 is 5.97 Å². The lowest BCUT2D eigenvalue weighted by Crippen LogP contribution is -2.24. The lowest BCUT2D eigenvalue weighted by molar-refractivity contribution is -0.118. The summed E-state index contributed by atoms with van der Waals surface area (Å²) in [5, 5.41) is 11.3. The third-order valence-electron chi connectivity index (χ3n) is 2.00. The number of aromatic carboxylic acids is 1. The Kier molecular flexibility index (Phi) is 6.31. The third kappa shape index (κ3) is 5.24. The van der Waals surface area contributed by atoms with E-state index >= 15 is 0 Å². The first-order chi connectivity index (χ1) is 8.63. The number of methoxy groups -OCH3 is 1. The van der Waals surface area contributed by atoms with E-state index < -0.39 is 5.97 Å². The van der Waals surface area contributed by atoms with Crippen LogP contribution in [0.5, 0.6) is 0 Å². The highest BCUT2D eigenvalue weighted by molar-refractivity contribution is 7.99. The number of nitrogens with one attached hydrogen (secondary N) is 1. The van der Waals surface area contributed by atoms with Crippen LogP contribution in [0.2, 0.25) is 0 Å². The molecule has 7 heteroatoms. The number of amides is 1. The van der Waals surface area contributed by atoms with Gasteiger partial charge in [0, 0.05) is 12.9 Å². The van der Waals surface area contributed by atoms with E-state index in [2.05, 4.69) is 5.32 Å². The zero-order valence-corrected chi connectivity index (χ0v) is 10.8. The Hall–Kier alpha value is -1.47. The largest absolute Gasteiger partial charge is 0.475 e. The predicted molar refractivity (Wildman–Crippen MR) is 66.7 cm³/mol. The van der Waals surface area contributed by atoms with E-state index in [1.54, 1.807) is 7.11 Å². The van der Waals surface area contributed by atoms with Crippen LogP contribution in [0.3, 0.4) is 0 Å². The van der Waals surface area contributed by atoms with Crippen LogP contribution in [0, 0.1) is 0 Å². The predicted octanol–water partition coefficient (Wildman–Crippen LogP) is 0.974. The molecule has 1 amide bonds. The van der Waals surface area contributed by atoms with Crippen molar-refractivity contribution in [2.24, 2.45) is 0 Å². The van der Waals surface area contributed by atoms with Gasteiger partial charge < -0.3 is 19.6 Å². The van der Waals surface area contributed by atoms with Gasteiger partial charge in [-0.25, -0.2) is 4.79 Å². The first-order valence-corrected chi connectivity index (χ1v) is 6.44. The molecule has 1 aromatic rings. The summed E-state index contributed by atoms with van der Waals surface area (Å²) in [5.74, 6) is 0.146. The number of hydrogen-bond donors (Lipinski definition) is 2. The normalized spacial score (nSPS) is 10.3. The lowest BCUT2D eigenvalue weighted by Gasteiger charge is -2.03. The zero-order valence-electron chi connectivity index (χ0n) is 9.97. The van der Waals surface area contributed by atoms with Crippen molar-refractivity contribution in [3.63, 3.8) is 0 Å². The van der Waals surface area contributed by atoms with Gasteiger partial charge in [0.15, 0.2) is 0 Å². The molecule has 2 N–H and O–H groups in total. The maximum absolute atomic E-state index is 11.4. The van der Waals surface area contributed by atoms with Crippen LogP contribution in [0.4, 0.5) is 0 Å². The van der Waals surface area contributed by atoms with Crippen LogP contribution in [0.15, 0.2) is 16.5 Å². The Bertz CT molecular complexity index is 404. The van der Waals surface area contributed by atoms with Crippen molar-refractivity contribution >= 4 is 23.6 Å². The molecule has 1 heterocycles. The SMILES string of the molecule is COCCSCC(=O)NCc1ccc(C(=O)O)o1. The number of thioether (sulfide) groups is 1. The number of hydrogen-bond acceptors (Lipinski definition) is 5. The molecule has 0 aliphatic rings. The number of furan rings is 1. The molecule has 0 aliphatic heterocycles. The molecule has 0 fully saturated rings.